The van der Waals surface area contributed by atoms with Crippen LogP contribution in [-0.4, -0.2) is 44.9 Å². The first-order chi connectivity index (χ1) is 15.3. The van der Waals surface area contributed by atoms with E-state index in [2.05, 4.69) is 38.3 Å². The predicted octanol–water partition coefficient (Wildman–Crippen LogP) is 2.37. The van der Waals surface area contributed by atoms with Crippen molar-refractivity contribution >= 4 is 33.0 Å². The number of nitrogens with zero attached hydrogens (tertiary/aromatic N) is 2. The Morgan fingerprint density at radius 2 is 1.88 bits per heavy atom. The van der Waals surface area contributed by atoms with E-state index in [1.165, 1.54) is 0 Å². The van der Waals surface area contributed by atoms with E-state index in [0.29, 0.717) is 27.9 Å². The third-order valence-corrected chi connectivity index (χ3v) is 5.46. The Balaban J connectivity index is 1.86. The van der Waals surface area contributed by atoms with Crippen molar-refractivity contribution in [2.24, 2.45) is 5.14 Å². The minimum atomic E-state index is -2.77. The zero-order valence-electron chi connectivity index (χ0n) is 17.8. The third-order valence-electron chi connectivity index (χ3n) is 4.39. The minimum Gasteiger partial charge on any atom is -0.497 e. The molecule has 3 aromatic rings. The molecule has 166 valence electrons. The van der Waals surface area contributed by atoms with Gasteiger partial charge < -0.3 is 20.5 Å². The maximum Gasteiger partial charge on any atom is 0.229 e. The maximum absolute atomic E-state index is 11.8. The lowest BCUT2D eigenvalue weighted by Crippen LogP contribution is -2.21. The van der Waals surface area contributed by atoms with Gasteiger partial charge in [-0.3, -0.25) is 5.14 Å². The largest absolute Gasteiger partial charge is 0.497 e. The molecule has 0 spiro atoms. The zero-order chi connectivity index (χ0) is 23.1. The zero-order valence-corrected chi connectivity index (χ0v) is 18.6. The summed E-state index contributed by atoms with van der Waals surface area (Å²) in [6, 6.07) is 13.9. The van der Waals surface area contributed by atoms with Gasteiger partial charge in [-0.05, 0) is 61.3 Å². The van der Waals surface area contributed by atoms with E-state index in [1.807, 2.05) is 31.2 Å². The molecule has 2 aromatic carbocycles. The number of nitrogens with one attached hydrogen (secondary N) is 2. The van der Waals surface area contributed by atoms with Crippen molar-refractivity contribution in [2.45, 2.75) is 17.9 Å². The molecule has 8 nitrogen and oxygen atoms in total. The van der Waals surface area contributed by atoms with Gasteiger partial charge in [0.25, 0.3) is 0 Å². The molecule has 0 saturated heterocycles. The fourth-order valence-electron chi connectivity index (χ4n) is 2.63. The van der Waals surface area contributed by atoms with E-state index < -0.39 is 9.71 Å². The molecule has 3 rings (SSSR count). The second-order valence-electron chi connectivity index (χ2n) is 7.04. The van der Waals surface area contributed by atoms with Crippen LogP contribution in [0.4, 0.5) is 17.5 Å². The average molecular weight is 452 g/mol. The molecular formula is C23H25N5O3S. The standard InChI is InChI=1S/C23H25N5O3S/c1-16(15-29)26-22-18(7-4-17-5-10-20(31-2)11-6-17)14-25-23(28-22)27-19-8-12-21(13-9-19)32(3,24)30/h5-6,8-14,16,29H,3,15H2,1-2H3,(H2,24,30)(H2,25,26,27,28)/t16-,32?/m1/s1. The van der Waals surface area contributed by atoms with E-state index in [1.54, 1.807) is 37.6 Å². The lowest BCUT2D eigenvalue weighted by Gasteiger charge is -2.14. The summed E-state index contributed by atoms with van der Waals surface area (Å²) in [7, 11) is -1.16. The quantitative estimate of drug-likeness (QED) is 0.321. The molecule has 0 aliphatic rings. The molecule has 0 bridgehead atoms. The first-order valence-electron chi connectivity index (χ1n) is 9.71. The first kappa shape index (κ1) is 23.1. The highest BCUT2D eigenvalue weighted by atomic mass is 32.2. The van der Waals surface area contributed by atoms with Crippen LogP contribution in [0.3, 0.4) is 0 Å². The molecule has 0 aliphatic carbocycles. The van der Waals surface area contributed by atoms with Crippen molar-refractivity contribution in [3.63, 3.8) is 0 Å². The Labute approximate surface area is 188 Å². The Morgan fingerprint density at radius 1 is 1.19 bits per heavy atom. The lowest BCUT2D eigenvalue weighted by molar-refractivity contribution is 0.281. The number of nitrogens with two attached hydrogens (primary N) is 1. The highest BCUT2D eigenvalue weighted by Crippen LogP contribution is 2.19. The number of aliphatic hydroxyl groups excluding tert-OH is 1. The number of aromatic nitrogens is 2. The molecule has 1 unspecified atom stereocenters. The van der Waals surface area contributed by atoms with Gasteiger partial charge in [-0.15, -0.1) is 0 Å². The van der Waals surface area contributed by atoms with Crippen LogP contribution >= 0.6 is 0 Å². The third kappa shape index (κ3) is 6.21. The minimum absolute atomic E-state index is 0.0665. The van der Waals surface area contributed by atoms with Gasteiger partial charge in [-0.2, -0.15) is 4.98 Å². The Kier molecular flexibility index (Phi) is 7.33. The summed E-state index contributed by atoms with van der Waals surface area (Å²) in [5, 5.41) is 21.2. The number of benzene rings is 2. The second-order valence-corrected chi connectivity index (χ2v) is 8.96. The monoisotopic (exact) mass is 451 g/mol. The van der Waals surface area contributed by atoms with Crippen LogP contribution in [0.2, 0.25) is 0 Å². The number of hydrogen-bond donors (Lipinski definition) is 4. The number of aliphatic hydroxyl groups is 1. The molecule has 32 heavy (non-hydrogen) atoms. The summed E-state index contributed by atoms with van der Waals surface area (Å²) >= 11 is 0. The molecule has 0 saturated carbocycles. The van der Waals surface area contributed by atoms with Gasteiger partial charge in [0.1, 0.15) is 11.6 Å². The number of methoxy groups -OCH3 is 1. The van der Waals surface area contributed by atoms with E-state index >= 15 is 0 Å². The van der Waals surface area contributed by atoms with Crippen LogP contribution < -0.4 is 20.5 Å². The van der Waals surface area contributed by atoms with Crippen molar-refractivity contribution in [3.05, 3.63) is 65.9 Å². The van der Waals surface area contributed by atoms with Crippen LogP contribution in [-0.2, 0) is 9.71 Å². The topological polar surface area (TPSA) is 122 Å². The van der Waals surface area contributed by atoms with Gasteiger partial charge >= 0.3 is 0 Å². The van der Waals surface area contributed by atoms with Crippen molar-refractivity contribution in [1.82, 2.24) is 9.97 Å². The van der Waals surface area contributed by atoms with Crippen molar-refractivity contribution in [1.29, 1.82) is 0 Å². The molecule has 9 heteroatoms. The van der Waals surface area contributed by atoms with Crippen LogP contribution in [0.15, 0.2) is 59.6 Å². The van der Waals surface area contributed by atoms with Crippen LogP contribution in [0.5, 0.6) is 5.75 Å². The molecule has 5 N–H and O–H groups in total. The Morgan fingerprint density at radius 3 is 2.47 bits per heavy atom. The smallest absolute Gasteiger partial charge is 0.229 e. The van der Waals surface area contributed by atoms with Crippen molar-refractivity contribution < 1.29 is 14.1 Å². The van der Waals surface area contributed by atoms with Crippen LogP contribution in [0, 0.1) is 11.8 Å². The molecule has 2 atom stereocenters. The van der Waals surface area contributed by atoms with Crippen molar-refractivity contribution in [3.8, 4) is 17.6 Å². The predicted molar refractivity (Wildman–Crippen MR) is 129 cm³/mol. The number of hydrogen-bond acceptors (Lipinski definition) is 7. The molecule has 0 fully saturated rings. The summed E-state index contributed by atoms with van der Waals surface area (Å²) in [4.78, 5) is 9.30. The van der Waals surface area contributed by atoms with Gasteiger partial charge in [0.05, 0.1) is 35.2 Å². The summed E-state index contributed by atoms with van der Waals surface area (Å²) < 4.78 is 17.0. The maximum atomic E-state index is 11.8. The summed E-state index contributed by atoms with van der Waals surface area (Å²) in [5.74, 6) is 11.2. The normalized spacial score (nSPS) is 13.2. The molecule has 0 aliphatic heterocycles. The Hall–Kier alpha value is -3.58. The fourth-order valence-corrected chi connectivity index (χ4v) is 3.23. The summed E-state index contributed by atoms with van der Waals surface area (Å²) in [5.41, 5.74) is 2.09. The van der Waals surface area contributed by atoms with Crippen molar-refractivity contribution in [2.75, 3.05) is 24.4 Å². The molecular weight excluding hydrogens is 426 g/mol. The number of ether oxygens (including phenoxy) is 1. The first-order valence-corrected chi connectivity index (χ1v) is 11.5. The van der Waals surface area contributed by atoms with E-state index in [9.17, 15) is 9.32 Å². The summed E-state index contributed by atoms with van der Waals surface area (Å²) in [6.07, 6.45) is 1.61. The van der Waals surface area contributed by atoms with Gasteiger partial charge in [0.15, 0.2) is 0 Å². The molecule has 1 heterocycles. The average Bonchev–Trinajstić information content (AvgIpc) is 2.78. The SMILES string of the molecule is C=S(N)(=O)c1ccc(Nc2ncc(C#Cc3ccc(OC)cc3)c(N[C@H](C)CO)n2)cc1. The molecule has 0 amide bonds. The molecule has 1 aromatic heterocycles. The number of rotatable bonds is 7. The second kappa shape index (κ2) is 10.2. The molecule has 0 radical (unpaired) electrons. The van der Waals surface area contributed by atoms with Crippen LogP contribution in [0.1, 0.15) is 18.1 Å². The highest BCUT2D eigenvalue weighted by molar-refractivity contribution is 7.98. The van der Waals surface area contributed by atoms with Crippen LogP contribution in [0.25, 0.3) is 0 Å². The van der Waals surface area contributed by atoms with Gasteiger partial charge in [0, 0.05) is 22.2 Å². The lowest BCUT2D eigenvalue weighted by atomic mass is 10.2. The fraction of sp³-hybridized carbons (Fsp3) is 0.174. The van der Waals surface area contributed by atoms with E-state index in [-0.39, 0.29) is 12.6 Å². The van der Waals surface area contributed by atoms with Gasteiger partial charge in [-0.25, -0.2) is 9.19 Å². The highest BCUT2D eigenvalue weighted by Gasteiger charge is 2.10. The number of anilines is 3. The Bertz CT molecular complexity index is 1230. The summed E-state index contributed by atoms with van der Waals surface area (Å²) in [6.45, 7) is 1.76. The van der Waals surface area contributed by atoms with E-state index in [0.717, 1.165) is 11.3 Å². The van der Waals surface area contributed by atoms with Gasteiger partial charge in [-0.1, -0.05) is 11.8 Å². The van der Waals surface area contributed by atoms with Gasteiger partial charge in [0.2, 0.25) is 5.95 Å². The van der Waals surface area contributed by atoms with E-state index in [4.69, 9.17) is 9.88 Å².